The van der Waals surface area contributed by atoms with Gasteiger partial charge in [-0.1, -0.05) is 60.7 Å². The fraction of sp³-hybridized carbons (Fsp3) is 0.250. The highest BCUT2D eigenvalue weighted by atomic mass is 16.5. The Bertz CT molecular complexity index is 1190. The molecule has 5 nitrogen and oxygen atoms in total. The van der Waals surface area contributed by atoms with Gasteiger partial charge in [-0.25, -0.2) is 0 Å². The summed E-state index contributed by atoms with van der Waals surface area (Å²) in [5.74, 6) is 1.05. The first-order valence-corrected chi connectivity index (χ1v) is 11.4. The maximum absolute atomic E-state index is 13.2. The first kappa shape index (κ1) is 21.1. The number of methoxy groups -OCH3 is 1. The van der Waals surface area contributed by atoms with Gasteiger partial charge in [0, 0.05) is 12.5 Å². The molecule has 5 heteroatoms. The Kier molecular flexibility index (Phi) is 5.78. The lowest BCUT2D eigenvalue weighted by Crippen LogP contribution is -2.32. The molecule has 2 aliphatic rings. The highest BCUT2D eigenvalue weighted by Gasteiger charge is 2.39. The Morgan fingerprint density at radius 2 is 1.97 bits per heavy atom. The van der Waals surface area contributed by atoms with Crippen LogP contribution in [0.1, 0.15) is 45.4 Å². The predicted molar refractivity (Wildman–Crippen MR) is 130 cm³/mol. The van der Waals surface area contributed by atoms with Gasteiger partial charge in [-0.3, -0.25) is 4.79 Å². The van der Waals surface area contributed by atoms with Crippen LogP contribution in [0.15, 0.2) is 78.9 Å². The van der Waals surface area contributed by atoms with E-state index in [4.69, 9.17) is 4.74 Å². The number of rotatable bonds is 6. The molecule has 0 radical (unpaired) electrons. The molecule has 3 N–H and O–H groups in total. The number of amides is 1. The van der Waals surface area contributed by atoms with Crippen molar-refractivity contribution < 1.29 is 14.6 Å². The Labute approximate surface area is 194 Å². The summed E-state index contributed by atoms with van der Waals surface area (Å²) in [5.41, 5.74) is 4.87. The Balaban J connectivity index is 1.41. The molecule has 1 heterocycles. The number of hydrogen-bond acceptors (Lipinski definition) is 4. The molecule has 168 valence electrons. The van der Waals surface area contributed by atoms with Crippen molar-refractivity contribution in [1.82, 2.24) is 5.32 Å². The van der Waals surface area contributed by atoms with Crippen LogP contribution < -0.4 is 15.4 Å². The average molecular weight is 441 g/mol. The summed E-state index contributed by atoms with van der Waals surface area (Å²) < 4.78 is 5.21. The number of anilines is 1. The van der Waals surface area contributed by atoms with E-state index in [1.54, 1.807) is 19.2 Å². The molecule has 33 heavy (non-hydrogen) atoms. The summed E-state index contributed by atoms with van der Waals surface area (Å²) >= 11 is 0. The van der Waals surface area contributed by atoms with E-state index in [1.807, 2.05) is 36.4 Å². The van der Waals surface area contributed by atoms with Crippen LogP contribution in [0, 0.1) is 5.92 Å². The predicted octanol–water partition coefficient (Wildman–Crippen LogP) is 5.20. The van der Waals surface area contributed by atoms with Crippen LogP contribution in [0.2, 0.25) is 0 Å². The second kappa shape index (κ2) is 9.02. The molecule has 3 unspecified atom stereocenters. The van der Waals surface area contributed by atoms with E-state index in [0.29, 0.717) is 23.8 Å². The molecule has 0 saturated carbocycles. The number of fused-ring (bicyclic) bond motifs is 3. The van der Waals surface area contributed by atoms with Crippen molar-refractivity contribution in [2.75, 3.05) is 19.0 Å². The summed E-state index contributed by atoms with van der Waals surface area (Å²) in [6.07, 6.45) is 6.20. The van der Waals surface area contributed by atoms with Gasteiger partial charge in [-0.2, -0.15) is 0 Å². The van der Waals surface area contributed by atoms with Gasteiger partial charge in [0.2, 0.25) is 0 Å². The third-order valence-electron chi connectivity index (χ3n) is 6.75. The SMILES string of the molecule is COc1ccc(C2Nc3c(C(=O)NCCc4ccccc4)cccc3C3C=CCC32)cc1O. The van der Waals surface area contributed by atoms with Crippen LogP contribution in [0.5, 0.6) is 11.5 Å². The number of carbonyl (C=O) groups excluding carboxylic acids is 1. The van der Waals surface area contributed by atoms with Crippen LogP contribution in [0.4, 0.5) is 5.69 Å². The molecular formula is C28H28N2O3. The number of para-hydroxylation sites is 1. The second-order valence-electron chi connectivity index (χ2n) is 8.67. The highest BCUT2D eigenvalue weighted by Crippen LogP contribution is 2.51. The molecule has 0 fully saturated rings. The molecule has 3 atom stereocenters. The van der Waals surface area contributed by atoms with Gasteiger partial charge >= 0.3 is 0 Å². The van der Waals surface area contributed by atoms with Crippen LogP contribution in [0.3, 0.4) is 0 Å². The zero-order chi connectivity index (χ0) is 22.8. The monoisotopic (exact) mass is 440 g/mol. The minimum absolute atomic E-state index is 0.0208. The molecule has 1 aliphatic carbocycles. The Hall–Kier alpha value is -3.73. The maximum Gasteiger partial charge on any atom is 0.253 e. The summed E-state index contributed by atoms with van der Waals surface area (Å²) in [4.78, 5) is 13.2. The minimum Gasteiger partial charge on any atom is -0.504 e. The standard InChI is InChI=1S/C28H28N2O3/c1-33-25-14-13-19(17-24(25)31)26-21-10-5-9-20(21)22-11-6-12-23(27(22)30-26)28(32)29-16-15-18-7-3-2-4-8-18/h2-9,11-14,17,20-21,26,30-31H,10,15-16H2,1H3,(H,29,32). The molecule has 1 aliphatic heterocycles. The number of allylic oxidation sites excluding steroid dienone is 2. The summed E-state index contributed by atoms with van der Waals surface area (Å²) in [7, 11) is 1.55. The van der Waals surface area contributed by atoms with Crippen molar-refractivity contribution in [3.8, 4) is 11.5 Å². The molecule has 0 spiro atoms. The number of phenols is 1. The lowest BCUT2D eigenvalue weighted by Gasteiger charge is -2.38. The van der Waals surface area contributed by atoms with E-state index < -0.39 is 0 Å². The van der Waals surface area contributed by atoms with E-state index in [-0.39, 0.29) is 23.6 Å². The Morgan fingerprint density at radius 1 is 1.12 bits per heavy atom. The van der Waals surface area contributed by atoms with Crippen molar-refractivity contribution in [2.45, 2.75) is 24.8 Å². The highest BCUT2D eigenvalue weighted by molar-refractivity contribution is 6.00. The van der Waals surface area contributed by atoms with E-state index in [0.717, 1.165) is 29.7 Å². The van der Waals surface area contributed by atoms with E-state index >= 15 is 0 Å². The van der Waals surface area contributed by atoms with Crippen LogP contribution in [-0.2, 0) is 6.42 Å². The molecule has 5 rings (SSSR count). The topological polar surface area (TPSA) is 70.6 Å². The number of phenolic OH excluding ortho intramolecular Hbond substituents is 1. The second-order valence-corrected chi connectivity index (χ2v) is 8.67. The van der Waals surface area contributed by atoms with E-state index in [2.05, 4.69) is 41.0 Å². The summed E-state index contributed by atoms with van der Waals surface area (Å²) in [6, 6.07) is 21.6. The first-order chi connectivity index (χ1) is 16.2. The van der Waals surface area contributed by atoms with Gasteiger partial charge in [-0.15, -0.1) is 0 Å². The normalized spacial score (nSPS) is 20.5. The van der Waals surface area contributed by atoms with Crippen molar-refractivity contribution in [1.29, 1.82) is 0 Å². The lowest BCUT2D eigenvalue weighted by molar-refractivity contribution is 0.0954. The van der Waals surface area contributed by atoms with Crippen LogP contribution >= 0.6 is 0 Å². The number of aromatic hydroxyl groups is 1. The van der Waals surface area contributed by atoms with Crippen LogP contribution in [0.25, 0.3) is 0 Å². The third kappa shape index (κ3) is 4.07. The number of hydrogen-bond donors (Lipinski definition) is 3. The van der Waals surface area contributed by atoms with Gasteiger partial charge in [0.1, 0.15) is 0 Å². The van der Waals surface area contributed by atoms with E-state index in [9.17, 15) is 9.90 Å². The number of ether oxygens (including phenoxy) is 1. The minimum atomic E-state index is -0.0768. The summed E-state index contributed by atoms with van der Waals surface area (Å²) in [6.45, 7) is 0.578. The zero-order valence-electron chi connectivity index (χ0n) is 18.6. The fourth-order valence-electron chi connectivity index (χ4n) is 5.10. The van der Waals surface area contributed by atoms with Gasteiger partial charge in [0.25, 0.3) is 5.91 Å². The van der Waals surface area contributed by atoms with Crippen molar-refractivity contribution in [3.05, 3.63) is 101 Å². The first-order valence-electron chi connectivity index (χ1n) is 11.4. The molecular weight excluding hydrogens is 412 g/mol. The van der Waals surface area contributed by atoms with Crippen molar-refractivity contribution in [3.63, 3.8) is 0 Å². The van der Waals surface area contributed by atoms with Crippen LogP contribution in [-0.4, -0.2) is 24.7 Å². The van der Waals surface area contributed by atoms with Crippen molar-refractivity contribution in [2.24, 2.45) is 5.92 Å². The van der Waals surface area contributed by atoms with Gasteiger partial charge in [0.05, 0.1) is 24.4 Å². The fourth-order valence-corrected chi connectivity index (χ4v) is 5.10. The molecule has 0 bridgehead atoms. The smallest absolute Gasteiger partial charge is 0.253 e. The van der Waals surface area contributed by atoms with E-state index in [1.165, 1.54) is 5.56 Å². The molecule has 0 saturated heterocycles. The third-order valence-corrected chi connectivity index (χ3v) is 6.75. The maximum atomic E-state index is 13.2. The van der Waals surface area contributed by atoms with Gasteiger partial charge in [0.15, 0.2) is 11.5 Å². The Morgan fingerprint density at radius 3 is 2.76 bits per heavy atom. The molecule has 3 aromatic rings. The van der Waals surface area contributed by atoms with Gasteiger partial charge in [-0.05, 0) is 53.6 Å². The number of nitrogens with one attached hydrogen (secondary N) is 2. The molecule has 1 amide bonds. The largest absolute Gasteiger partial charge is 0.504 e. The zero-order valence-corrected chi connectivity index (χ0v) is 18.6. The number of benzene rings is 3. The summed E-state index contributed by atoms with van der Waals surface area (Å²) in [5, 5.41) is 17.1. The lowest BCUT2D eigenvalue weighted by atomic mass is 9.76. The average Bonchev–Trinajstić information content (AvgIpc) is 3.34. The quantitative estimate of drug-likeness (QED) is 0.461. The molecule has 3 aromatic carbocycles. The number of carbonyl (C=O) groups is 1. The molecule has 0 aromatic heterocycles. The van der Waals surface area contributed by atoms with Crippen molar-refractivity contribution >= 4 is 11.6 Å². The van der Waals surface area contributed by atoms with Gasteiger partial charge < -0.3 is 20.5 Å².